The highest BCUT2D eigenvalue weighted by Gasteiger charge is 2.29. The highest BCUT2D eigenvalue weighted by molar-refractivity contribution is 7.89. The molecule has 2 N–H and O–H groups in total. The van der Waals surface area contributed by atoms with Crippen LogP contribution in [0.4, 0.5) is 0 Å². The van der Waals surface area contributed by atoms with Crippen LogP contribution >= 0.6 is 11.3 Å². The quantitative estimate of drug-likeness (QED) is 0.854. The van der Waals surface area contributed by atoms with E-state index in [1.165, 1.54) is 23.5 Å². The third-order valence-corrected chi connectivity index (χ3v) is 5.38. The van der Waals surface area contributed by atoms with Gasteiger partial charge in [0.15, 0.2) is 4.80 Å². The highest BCUT2D eigenvalue weighted by Crippen LogP contribution is 2.30. The van der Waals surface area contributed by atoms with Gasteiger partial charge in [-0.3, -0.25) is 4.79 Å². The molecule has 1 aliphatic rings. The van der Waals surface area contributed by atoms with E-state index < -0.39 is 10.0 Å². The van der Waals surface area contributed by atoms with Crippen LogP contribution in [0, 0.1) is 5.92 Å². The van der Waals surface area contributed by atoms with Gasteiger partial charge in [-0.05, 0) is 31.0 Å². The zero-order chi connectivity index (χ0) is 15.9. The number of amides is 1. The molecule has 3 rings (SSSR count). The van der Waals surface area contributed by atoms with E-state index in [0.717, 1.165) is 23.1 Å². The second-order valence-electron chi connectivity index (χ2n) is 5.18. The number of allylic oxidation sites excluding steroid dienone is 1. The smallest absolute Gasteiger partial charge is 0.251 e. The van der Waals surface area contributed by atoms with Crippen molar-refractivity contribution >= 4 is 37.5 Å². The summed E-state index contributed by atoms with van der Waals surface area (Å²) in [7, 11) is -3.76. The molecule has 1 aromatic heterocycles. The van der Waals surface area contributed by atoms with Gasteiger partial charge in [-0.1, -0.05) is 17.4 Å². The number of nitrogens with zero attached hydrogens (tertiary/aromatic N) is 2. The van der Waals surface area contributed by atoms with E-state index in [1.807, 2.05) is 4.57 Å². The van der Waals surface area contributed by atoms with Crippen molar-refractivity contribution in [1.82, 2.24) is 4.57 Å². The van der Waals surface area contributed by atoms with Crippen LogP contribution in [0.3, 0.4) is 0 Å². The molecule has 0 unspecified atom stereocenters. The number of hydrogen-bond acceptors (Lipinski definition) is 4. The molecule has 22 heavy (non-hydrogen) atoms. The first-order valence-corrected chi connectivity index (χ1v) is 9.12. The first kappa shape index (κ1) is 15.1. The molecule has 1 amide bonds. The molecule has 1 heterocycles. The summed E-state index contributed by atoms with van der Waals surface area (Å²) in [5.41, 5.74) is 0.805. The van der Waals surface area contributed by atoms with Crippen molar-refractivity contribution in [2.75, 3.05) is 0 Å². The Bertz CT molecular complexity index is 934. The average molecular weight is 337 g/mol. The maximum absolute atomic E-state index is 11.9. The third kappa shape index (κ3) is 2.90. The summed E-state index contributed by atoms with van der Waals surface area (Å²) in [5.74, 6) is -0.0709. The number of aromatic nitrogens is 1. The van der Waals surface area contributed by atoms with Crippen LogP contribution in [0.25, 0.3) is 10.2 Å². The van der Waals surface area contributed by atoms with Crippen LogP contribution in [0.5, 0.6) is 0 Å². The fourth-order valence-electron chi connectivity index (χ4n) is 2.14. The summed E-state index contributed by atoms with van der Waals surface area (Å²) in [5, 5.41) is 5.16. The molecule has 0 radical (unpaired) electrons. The number of thiazole rings is 1. The van der Waals surface area contributed by atoms with Crippen LogP contribution in [0.1, 0.15) is 12.8 Å². The highest BCUT2D eigenvalue weighted by atomic mass is 32.2. The Morgan fingerprint density at radius 2 is 2.23 bits per heavy atom. The number of sulfonamides is 1. The Morgan fingerprint density at radius 1 is 1.50 bits per heavy atom. The predicted molar refractivity (Wildman–Crippen MR) is 84.7 cm³/mol. The minimum Gasteiger partial charge on any atom is -0.313 e. The molecule has 6 nitrogen and oxygen atoms in total. The number of primary sulfonamides is 1. The molecule has 116 valence electrons. The van der Waals surface area contributed by atoms with Gasteiger partial charge in [0.2, 0.25) is 10.0 Å². The van der Waals surface area contributed by atoms with E-state index in [9.17, 15) is 13.2 Å². The van der Waals surface area contributed by atoms with Gasteiger partial charge in [-0.25, -0.2) is 13.6 Å². The molecular weight excluding hydrogens is 322 g/mol. The van der Waals surface area contributed by atoms with Crippen molar-refractivity contribution in [1.29, 1.82) is 0 Å². The monoisotopic (exact) mass is 337 g/mol. The number of carbonyl (C=O) groups excluding carboxylic acids is 1. The Labute approximate surface area is 131 Å². The van der Waals surface area contributed by atoms with Crippen molar-refractivity contribution in [3.05, 3.63) is 35.7 Å². The van der Waals surface area contributed by atoms with Crippen LogP contribution in [0.2, 0.25) is 0 Å². The Hall–Kier alpha value is -1.77. The number of benzene rings is 1. The zero-order valence-corrected chi connectivity index (χ0v) is 13.4. The first-order valence-electron chi connectivity index (χ1n) is 6.76. The number of hydrogen-bond donors (Lipinski definition) is 1. The molecule has 0 aliphatic heterocycles. The van der Waals surface area contributed by atoms with Crippen molar-refractivity contribution in [3.8, 4) is 0 Å². The van der Waals surface area contributed by atoms with Crippen molar-refractivity contribution in [2.24, 2.45) is 16.0 Å². The van der Waals surface area contributed by atoms with Crippen molar-refractivity contribution < 1.29 is 13.2 Å². The van der Waals surface area contributed by atoms with Crippen molar-refractivity contribution in [2.45, 2.75) is 24.3 Å². The summed E-state index contributed by atoms with van der Waals surface area (Å²) in [6.07, 6.45) is 3.49. The second kappa shape index (κ2) is 5.45. The SMILES string of the molecule is C=CCn1c(=NC(=O)C2CC2)sc2cc(S(N)(=O)=O)ccc21. The number of carbonyl (C=O) groups is 1. The summed E-state index contributed by atoms with van der Waals surface area (Å²) >= 11 is 1.28. The first-order chi connectivity index (χ1) is 10.4. The molecule has 2 aromatic rings. The average Bonchev–Trinajstić information content (AvgIpc) is 3.23. The summed E-state index contributed by atoms with van der Waals surface area (Å²) in [4.78, 5) is 16.7. The van der Waals surface area contributed by atoms with Gasteiger partial charge >= 0.3 is 0 Å². The minimum atomic E-state index is -3.76. The van der Waals surface area contributed by atoms with Crippen LogP contribution in [-0.4, -0.2) is 18.9 Å². The lowest BCUT2D eigenvalue weighted by molar-refractivity contribution is -0.119. The molecular formula is C14H15N3O3S2. The predicted octanol–water partition coefficient (Wildman–Crippen LogP) is 1.37. The maximum atomic E-state index is 11.9. The fraction of sp³-hybridized carbons (Fsp3) is 0.286. The van der Waals surface area contributed by atoms with E-state index in [2.05, 4.69) is 11.6 Å². The lowest BCUT2D eigenvalue weighted by atomic mass is 10.3. The topological polar surface area (TPSA) is 94.5 Å². The molecule has 0 spiro atoms. The Balaban J connectivity index is 2.20. The number of nitrogens with two attached hydrogens (primary N) is 1. The summed E-state index contributed by atoms with van der Waals surface area (Å²) in [6, 6.07) is 4.64. The normalized spacial score (nSPS) is 16.1. The zero-order valence-electron chi connectivity index (χ0n) is 11.7. The molecule has 0 saturated heterocycles. The maximum Gasteiger partial charge on any atom is 0.251 e. The lowest BCUT2D eigenvalue weighted by Gasteiger charge is -2.02. The van der Waals surface area contributed by atoms with Crippen LogP contribution in [-0.2, 0) is 21.4 Å². The molecule has 0 atom stereocenters. The van der Waals surface area contributed by atoms with E-state index in [1.54, 1.807) is 12.1 Å². The van der Waals surface area contributed by atoms with Gasteiger partial charge < -0.3 is 4.57 Å². The van der Waals surface area contributed by atoms with Gasteiger partial charge in [0.1, 0.15) is 0 Å². The molecule has 8 heteroatoms. The Morgan fingerprint density at radius 3 is 2.82 bits per heavy atom. The van der Waals surface area contributed by atoms with Gasteiger partial charge in [0, 0.05) is 12.5 Å². The Kier molecular flexibility index (Phi) is 3.75. The molecule has 1 fully saturated rings. The molecule has 1 aromatic carbocycles. The molecule has 0 bridgehead atoms. The van der Waals surface area contributed by atoms with Crippen LogP contribution in [0.15, 0.2) is 40.7 Å². The summed E-state index contributed by atoms with van der Waals surface area (Å²) < 4.78 is 25.5. The number of rotatable bonds is 4. The van der Waals surface area contributed by atoms with E-state index >= 15 is 0 Å². The van der Waals surface area contributed by atoms with E-state index in [0.29, 0.717) is 11.3 Å². The van der Waals surface area contributed by atoms with E-state index in [-0.39, 0.29) is 16.7 Å². The molecule has 1 saturated carbocycles. The van der Waals surface area contributed by atoms with Crippen LogP contribution < -0.4 is 9.94 Å². The van der Waals surface area contributed by atoms with Gasteiger partial charge in [0.05, 0.1) is 15.1 Å². The lowest BCUT2D eigenvalue weighted by Crippen LogP contribution is -2.16. The largest absolute Gasteiger partial charge is 0.313 e. The number of fused-ring (bicyclic) bond motifs is 1. The second-order valence-corrected chi connectivity index (χ2v) is 7.75. The fourth-order valence-corrected chi connectivity index (χ4v) is 3.84. The standard InChI is InChI=1S/C14H15N3O3S2/c1-2-7-17-11-6-5-10(22(15,19)20)8-12(11)21-14(17)16-13(18)9-3-4-9/h2,5-6,8-9H,1,3-4,7H2,(H2,15,19,20). The van der Waals surface area contributed by atoms with Gasteiger partial charge in [-0.2, -0.15) is 4.99 Å². The van der Waals surface area contributed by atoms with Crippen molar-refractivity contribution in [3.63, 3.8) is 0 Å². The molecule has 1 aliphatic carbocycles. The van der Waals surface area contributed by atoms with Gasteiger partial charge in [0.25, 0.3) is 5.91 Å². The van der Waals surface area contributed by atoms with E-state index in [4.69, 9.17) is 5.14 Å². The third-order valence-electron chi connectivity index (χ3n) is 3.43. The van der Waals surface area contributed by atoms with Gasteiger partial charge in [-0.15, -0.1) is 6.58 Å². The summed E-state index contributed by atoms with van der Waals surface area (Å²) in [6.45, 7) is 4.20. The minimum absolute atomic E-state index is 0.0439.